The lowest BCUT2D eigenvalue weighted by molar-refractivity contribution is 0.283. The van der Waals surface area contributed by atoms with Crippen LogP contribution in [0.4, 0.5) is 13.2 Å². The molecule has 0 saturated carbocycles. The quantitative estimate of drug-likeness (QED) is 0.593. The minimum Gasteiger partial charge on any atom is -0.396 e. The van der Waals surface area contributed by atoms with Gasteiger partial charge in [0.05, 0.1) is 0 Å². The molecule has 19 heavy (non-hydrogen) atoms. The van der Waals surface area contributed by atoms with Gasteiger partial charge >= 0.3 is 0 Å². The molecule has 4 nitrogen and oxygen atoms in total. The van der Waals surface area contributed by atoms with Crippen LogP contribution in [0.5, 0.6) is 0 Å². The molecule has 0 aliphatic heterocycles. The van der Waals surface area contributed by atoms with Crippen LogP contribution in [-0.2, 0) is 10.0 Å². The largest absolute Gasteiger partial charge is 0.396 e. The molecular weight excluding hydrogens is 283 g/mol. The van der Waals surface area contributed by atoms with Crippen molar-refractivity contribution in [3.05, 3.63) is 29.6 Å². The van der Waals surface area contributed by atoms with E-state index in [9.17, 15) is 21.6 Å². The zero-order chi connectivity index (χ0) is 14.5. The van der Waals surface area contributed by atoms with Gasteiger partial charge in [-0.1, -0.05) is 0 Å². The minimum atomic E-state index is -4.21. The van der Waals surface area contributed by atoms with Crippen LogP contribution in [0.1, 0.15) is 19.3 Å². The van der Waals surface area contributed by atoms with E-state index in [-0.39, 0.29) is 13.2 Å². The summed E-state index contributed by atoms with van der Waals surface area (Å²) in [6, 6.07) is 1.22. The van der Waals surface area contributed by atoms with Crippen LogP contribution < -0.4 is 4.72 Å². The summed E-state index contributed by atoms with van der Waals surface area (Å²) >= 11 is 0. The van der Waals surface area contributed by atoms with Gasteiger partial charge in [-0.2, -0.15) is 0 Å². The topological polar surface area (TPSA) is 66.4 Å². The van der Waals surface area contributed by atoms with E-state index in [4.69, 9.17) is 5.11 Å². The standard InChI is InChI=1S/C11H14F3NO3S/c12-8-4-5-9(11(14)10(8)13)19(17,18)15-6-2-1-3-7-16/h4-5,15-16H,1-3,6-7H2. The van der Waals surface area contributed by atoms with Gasteiger partial charge in [0.15, 0.2) is 17.5 Å². The lowest BCUT2D eigenvalue weighted by atomic mass is 10.2. The zero-order valence-corrected chi connectivity index (χ0v) is 10.8. The average molecular weight is 297 g/mol. The molecule has 0 aliphatic carbocycles. The Morgan fingerprint density at radius 3 is 2.37 bits per heavy atom. The minimum absolute atomic E-state index is 0.00452. The molecule has 0 aliphatic rings. The molecule has 1 aromatic rings. The summed E-state index contributed by atoms with van der Waals surface area (Å²) in [6.45, 7) is 0.0331. The van der Waals surface area contributed by atoms with Crippen molar-refractivity contribution in [3.8, 4) is 0 Å². The second kappa shape index (κ2) is 6.88. The van der Waals surface area contributed by atoms with E-state index in [1.165, 1.54) is 0 Å². The van der Waals surface area contributed by atoms with Crippen molar-refractivity contribution in [1.82, 2.24) is 4.72 Å². The highest BCUT2D eigenvalue weighted by atomic mass is 32.2. The van der Waals surface area contributed by atoms with Crippen molar-refractivity contribution < 1.29 is 26.7 Å². The van der Waals surface area contributed by atoms with Crippen molar-refractivity contribution in [1.29, 1.82) is 0 Å². The van der Waals surface area contributed by atoms with Crippen LogP contribution in [0.15, 0.2) is 17.0 Å². The monoisotopic (exact) mass is 297 g/mol. The number of benzene rings is 1. The fourth-order valence-electron chi connectivity index (χ4n) is 1.41. The molecule has 0 saturated heterocycles. The van der Waals surface area contributed by atoms with Crippen LogP contribution >= 0.6 is 0 Å². The maximum Gasteiger partial charge on any atom is 0.243 e. The third kappa shape index (κ3) is 4.19. The Labute approximate surface area is 109 Å². The number of unbranched alkanes of at least 4 members (excludes halogenated alkanes) is 2. The normalized spacial score (nSPS) is 11.8. The highest BCUT2D eigenvalue weighted by Crippen LogP contribution is 2.19. The summed E-state index contributed by atoms with van der Waals surface area (Å²) in [6.07, 6.45) is 1.58. The number of halogens is 3. The van der Waals surface area contributed by atoms with Gasteiger partial charge in [-0.25, -0.2) is 26.3 Å². The number of hydrogen-bond donors (Lipinski definition) is 2. The lowest BCUT2D eigenvalue weighted by Crippen LogP contribution is -2.26. The van der Waals surface area contributed by atoms with Gasteiger partial charge in [-0.05, 0) is 31.4 Å². The summed E-state index contributed by atoms with van der Waals surface area (Å²) < 4.78 is 64.3. The van der Waals surface area contributed by atoms with E-state index in [1.807, 2.05) is 0 Å². The molecule has 2 N–H and O–H groups in total. The summed E-state index contributed by atoms with van der Waals surface area (Å²) in [4.78, 5) is -0.923. The third-order valence-corrected chi connectivity index (χ3v) is 3.89. The number of hydrogen-bond acceptors (Lipinski definition) is 3. The molecule has 108 valence electrons. The first-order valence-corrected chi connectivity index (χ1v) is 7.12. The van der Waals surface area contributed by atoms with E-state index in [0.29, 0.717) is 31.4 Å². The molecule has 0 atom stereocenters. The van der Waals surface area contributed by atoms with Crippen LogP contribution in [0.25, 0.3) is 0 Å². The molecule has 0 aromatic heterocycles. The first kappa shape index (κ1) is 15.9. The Morgan fingerprint density at radius 1 is 1.05 bits per heavy atom. The highest BCUT2D eigenvalue weighted by molar-refractivity contribution is 7.89. The van der Waals surface area contributed by atoms with Crippen molar-refractivity contribution in [2.75, 3.05) is 13.2 Å². The van der Waals surface area contributed by atoms with Gasteiger partial charge in [-0.15, -0.1) is 0 Å². The van der Waals surface area contributed by atoms with Crippen molar-refractivity contribution in [2.45, 2.75) is 24.2 Å². The Bertz CT molecular complexity index is 534. The molecule has 1 aromatic carbocycles. The molecule has 0 amide bonds. The summed E-state index contributed by atoms with van der Waals surface area (Å²) in [5.41, 5.74) is 0. The Hall–Kier alpha value is -1.12. The second-order valence-electron chi connectivity index (χ2n) is 3.86. The number of sulfonamides is 1. The van der Waals surface area contributed by atoms with Crippen molar-refractivity contribution >= 4 is 10.0 Å². The molecule has 0 unspecified atom stereocenters. The van der Waals surface area contributed by atoms with Gasteiger partial charge in [0, 0.05) is 13.2 Å². The van der Waals surface area contributed by atoms with Crippen LogP contribution in [0.2, 0.25) is 0 Å². The number of nitrogens with one attached hydrogen (secondary N) is 1. The lowest BCUT2D eigenvalue weighted by Gasteiger charge is -2.08. The maximum absolute atomic E-state index is 13.3. The van der Waals surface area contributed by atoms with Gasteiger partial charge in [0.25, 0.3) is 0 Å². The molecule has 0 heterocycles. The fourth-order valence-corrected chi connectivity index (χ4v) is 2.55. The SMILES string of the molecule is O=S(=O)(NCCCCCO)c1ccc(F)c(F)c1F. The second-order valence-corrected chi connectivity index (χ2v) is 5.59. The molecule has 0 fully saturated rings. The summed E-state index contributed by atoms with van der Waals surface area (Å²) in [5.74, 6) is -4.99. The predicted molar refractivity (Wildman–Crippen MR) is 62.4 cm³/mol. The Balaban J connectivity index is 2.75. The first-order chi connectivity index (χ1) is 8.90. The molecule has 0 bridgehead atoms. The fraction of sp³-hybridized carbons (Fsp3) is 0.455. The number of aliphatic hydroxyl groups excluding tert-OH is 1. The molecule has 0 radical (unpaired) electrons. The predicted octanol–water partition coefficient (Wildman–Crippen LogP) is 1.54. The van der Waals surface area contributed by atoms with Gasteiger partial charge in [-0.3, -0.25) is 0 Å². The maximum atomic E-state index is 13.3. The zero-order valence-electron chi connectivity index (χ0n) is 10.00. The average Bonchev–Trinajstić information content (AvgIpc) is 2.35. The van der Waals surface area contributed by atoms with Gasteiger partial charge < -0.3 is 5.11 Å². The van der Waals surface area contributed by atoms with E-state index >= 15 is 0 Å². The molecule has 0 spiro atoms. The van der Waals surface area contributed by atoms with Crippen molar-refractivity contribution in [3.63, 3.8) is 0 Å². The van der Waals surface area contributed by atoms with Crippen LogP contribution in [-0.4, -0.2) is 26.7 Å². The van der Waals surface area contributed by atoms with Crippen molar-refractivity contribution in [2.24, 2.45) is 0 Å². The Kier molecular flexibility index (Phi) is 5.77. The molecule has 1 rings (SSSR count). The number of aliphatic hydroxyl groups is 1. The van der Waals surface area contributed by atoms with Gasteiger partial charge in [0.2, 0.25) is 10.0 Å². The highest BCUT2D eigenvalue weighted by Gasteiger charge is 2.23. The molecule has 8 heteroatoms. The van der Waals surface area contributed by atoms with Crippen LogP contribution in [0, 0.1) is 17.5 Å². The van der Waals surface area contributed by atoms with E-state index in [2.05, 4.69) is 4.72 Å². The molecular formula is C11H14F3NO3S. The van der Waals surface area contributed by atoms with E-state index in [1.54, 1.807) is 0 Å². The number of rotatable bonds is 7. The van der Waals surface area contributed by atoms with E-state index in [0.717, 1.165) is 0 Å². The third-order valence-electron chi connectivity index (χ3n) is 2.42. The summed E-state index contributed by atoms with van der Waals surface area (Å²) in [7, 11) is -4.21. The van der Waals surface area contributed by atoms with Gasteiger partial charge in [0.1, 0.15) is 4.90 Å². The first-order valence-electron chi connectivity index (χ1n) is 5.64. The van der Waals surface area contributed by atoms with Crippen LogP contribution in [0.3, 0.4) is 0 Å². The smallest absolute Gasteiger partial charge is 0.243 e. The van der Waals surface area contributed by atoms with E-state index < -0.39 is 32.4 Å². The summed E-state index contributed by atoms with van der Waals surface area (Å²) in [5, 5.41) is 8.53. The Morgan fingerprint density at radius 2 is 1.74 bits per heavy atom.